The highest BCUT2D eigenvalue weighted by Crippen LogP contribution is 2.36. The summed E-state index contributed by atoms with van der Waals surface area (Å²) in [6, 6.07) is 8.58. The van der Waals surface area contributed by atoms with Gasteiger partial charge in [-0.05, 0) is 67.0 Å². The largest absolute Gasteiger partial charge is 0.331 e. The molecule has 0 bridgehead atoms. The molecule has 1 amide bonds. The Balaban J connectivity index is 1.55. The van der Waals surface area contributed by atoms with Crippen molar-refractivity contribution < 1.29 is 13.2 Å². The number of thiophene rings is 1. The fourth-order valence-electron chi connectivity index (χ4n) is 3.51. The monoisotopic (exact) mass is 390 g/mol. The van der Waals surface area contributed by atoms with Crippen LogP contribution < -0.4 is 4.72 Å². The molecule has 2 aliphatic rings. The molecule has 1 atom stereocenters. The topological polar surface area (TPSA) is 66.5 Å². The van der Waals surface area contributed by atoms with Gasteiger partial charge in [-0.3, -0.25) is 4.79 Å². The van der Waals surface area contributed by atoms with Gasteiger partial charge in [0.05, 0.1) is 10.9 Å². The number of hydrogen-bond acceptors (Lipinski definition) is 4. The lowest BCUT2D eigenvalue weighted by Crippen LogP contribution is -2.39. The van der Waals surface area contributed by atoms with Gasteiger partial charge in [-0.2, -0.15) is 0 Å². The molecule has 138 valence electrons. The van der Waals surface area contributed by atoms with Crippen molar-refractivity contribution in [2.75, 3.05) is 6.54 Å². The molecular weight excluding hydrogens is 368 g/mol. The Kier molecular flexibility index (Phi) is 4.62. The predicted molar refractivity (Wildman–Crippen MR) is 102 cm³/mol. The van der Waals surface area contributed by atoms with Crippen LogP contribution in [0.4, 0.5) is 0 Å². The number of carbonyl (C=O) groups excluding carboxylic acids is 1. The number of nitrogens with one attached hydrogen (secondary N) is 1. The predicted octanol–water partition coefficient (Wildman–Crippen LogP) is 3.34. The third kappa shape index (κ3) is 3.31. The Hall–Kier alpha value is -1.70. The molecule has 4 rings (SSSR count). The maximum atomic E-state index is 13.0. The molecule has 2 aromatic rings. The summed E-state index contributed by atoms with van der Waals surface area (Å²) in [4.78, 5) is 16.5. The molecule has 1 fully saturated rings. The zero-order valence-electron chi connectivity index (χ0n) is 14.6. The van der Waals surface area contributed by atoms with Crippen LogP contribution in [-0.4, -0.2) is 31.8 Å². The summed E-state index contributed by atoms with van der Waals surface area (Å²) in [6.07, 6.45) is 3.54. The van der Waals surface area contributed by atoms with Crippen LogP contribution in [0.5, 0.6) is 0 Å². The molecule has 1 aliphatic carbocycles. The normalized spacial score (nSPS) is 20.0. The molecule has 0 saturated heterocycles. The molecule has 2 heterocycles. The van der Waals surface area contributed by atoms with E-state index < -0.39 is 10.0 Å². The van der Waals surface area contributed by atoms with E-state index in [9.17, 15) is 13.2 Å². The lowest BCUT2D eigenvalue weighted by molar-refractivity contribution is 0.0657. The van der Waals surface area contributed by atoms with Crippen molar-refractivity contribution in [3.63, 3.8) is 0 Å². The van der Waals surface area contributed by atoms with Crippen LogP contribution in [0.1, 0.15) is 53.0 Å². The van der Waals surface area contributed by atoms with Gasteiger partial charge in [0.1, 0.15) is 0 Å². The quantitative estimate of drug-likeness (QED) is 0.851. The van der Waals surface area contributed by atoms with Gasteiger partial charge >= 0.3 is 0 Å². The molecule has 1 aromatic heterocycles. The molecular formula is C19H22N2O3S2. The molecule has 0 radical (unpaired) electrons. The zero-order chi connectivity index (χ0) is 18.3. The maximum absolute atomic E-state index is 13.0. The van der Waals surface area contributed by atoms with Crippen molar-refractivity contribution in [1.29, 1.82) is 0 Å². The number of carbonyl (C=O) groups is 1. The van der Waals surface area contributed by atoms with Crippen molar-refractivity contribution in [3.8, 4) is 0 Å². The van der Waals surface area contributed by atoms with Crippen LogP contribution in [-0.2, 0) is 16.4 Å². The summed E-state index contributed by atoms with van der Waals surface area (Å²) < 4.78 is 27.2. The van der Waals surface area contributed by atoms with E-state index in [2.05, 4.69) is 23.1 Å². The third-order valence-corrected chi connectivity index (χ3v) is 7.59. The number of fused-ring (bicyclic) bond motifs is 1. The summed E-state index contributed by atoms with van der Waals surface area (Å²) >= 11 is 1.76. The van der Waals surface area contributed by atoms with Gasteiger partial charge in [-0.15, -0.1) is 11.3 Å². The second-order valence-electron chi connectivity index (χ2n) is 6.89. The first kappa shape index (κ1) is 17.7. The summed E-state index contributed by atoms with van der Waals surface area (Å²) in [5, 5.41) is 2.09. The number of hydrogen-bond donors (Lipinski definition) is 1. The summed E-state index contributed by atoms with van der Waals surface area (Å²) in [5.41, 5.74) is 1.79. The van der Waals surface area contributed by atoms with E-state index in [1.165, 1.54) is 22.6 Å². The van der Waals surface area contributed by atoms with Crippen LogP contribution in [0.2, 0.25) is 0 Å². The molecule has 1 aliphatic heterocycles. The molecule has 1 N–H and O–H groups in total. The van der Waals surface area contributed by atoms with Crippen molar-refractivity contribution in [2.45, 2.75) is 49.6 Å². The van der Waals surface area contributed by atoms with Gasteiger partial charge in [-0.25, -0.2) is 13.1 Å². The smallest absolute Gasteiger partial charge is 0.254 e. The van der Waals surface area contributed by atoms with E-state index >= 15 is 0 Å². The van der Waals surface area contributed by atoms with Crippen LogP contribution in [0.3, 0.4) is 0 Å². The molecule has 5 nitrogen and oxygen atoms in total. The van der Waals surface area contributed by atoms with Crippen molar-refractivity contribution >= 4 is 27.3 Å². The zero-order valence-corrected chi connectivity index (χ0v) is 16.3. The number of nitrogens with zero attached hydrogens (tertiary/aromatic N) is 1. The number of benzene rings is 1. The molecule has 7 heteroatoms. The second kappa shape index (κ2) is 6.79. The summed E-state index contributed by atoms with van der Waals surface area (Å²) in [7, 11) is -3.49. The summed E-state index contributed by atoms with van der Waals surface area (Å²) in [6.45, 7) is 2.80. The first-order valence-electron chi connectivity index (χ1n) is 8.99. The van der Waals surface area contributed by atoms with E-state index in [-0.39, 0.29) is 22.9 Å². The Morgan fingerprint density at radius 1 is 1.23 bits per heavy atom. The Morgan fingerprint density at radius 2 is 1.96 bits per heavy atom. The van der Waals surface area contributed by atoms with Crippen LogP contribution >= 0.6 is 11.3 Å². The van der Waals surface area contributed by atoms with Gasteiger partial charge in [0.2, 0.25) is 10.0 Å². The number of rotatable bonds is 5. The van der Waals surface area contributed by atoms with Crippen LogP contribution in [0, 0.1) is 0 Å². The minimum Gasteiger partial charge on any atom is -0.331 e. The SMILES string of the molecule is CCC1c2ccsc2CCN1C(=O)c1ccc(S(=O)(=O)NC2CC2)cc1. The first-order valence-corrected chi connectivity index (χ1v) is 11.4. The molecule has 1 unspecified atom stereocenters. The highest BCUT2D eigenvalue weighted by molar-refractivity contribution is 7.89. The van der Waals surface area contributed by atoms with Gasteiger partial charge in [0.15, 0.2) is 0 Å². The molecule has 0 spiro atoms. The Morgan fingerprint density at radius 3 is 2.62 bits per heavy atom. The average Bonchev–Trinajstić information content (AvgIpc) is 3.31. The number of sulfonamides is 1. The maximum Gasteiger partial charge on any atom is 0.254 e. The Bertz CT molecular complexity index is 915. The van der Waals surface area contributed by atoms with E-state index in [0.29, 0.717) is 12.1 Å². The van der Waals surface area contributed by atoms with Crippen molar-refractivity contribution in [1.82, 2.24) is 9.62 Å². The number of amides is 1. The van der Waals surface area contributed by atoms with E-state index in [1.54, 1.807) is 23.5 Å². The summed E-state index contributed by atoms with van der Waals surface area (Å²) in [5.74, 6) is -0.0344. The van der Waals surface area contributed by atoms with Gasteiger partial charge in [0.25, 0.3) is 5.91 Å². The minimum atomic E-state index is -3.49. The second-order valence-corrected chi connectivity index (χ2v) is 9.61. The molecule has 1 aromatic carbocycles. The third-order valence-electron chi connectivity index (χ3n) is 5.05. The minimum absolute atomic E-state index is 0.0344. The fraction of sp³-hybridized carbons (Fsp3) is 0.421. The lowest BCUT2D eigenvalue weighted by Gasteiger charge is -2.35. The Labute approximate surface area is 158 Å². The van der Waals surface area contributed by atoms with Crippen LogP contribution in [0.15, 0.2) is 40.6 Å². The standard InChI is InChI=1S/C19H22N2O3S2/c1-2-17-16-10-12-25-18(16)9-11-21(17)19(22)13-3-7-15(8-4-13)26(23,24)20-14-5-6-14/h3-4,7-8,10,12,14,17,20H,2,5-6,9,11H2,1H3. The van der Waals surface area contributed by atoms with Crippen LogP contribution in [0.25, 0.3) is 0 Å². The molecule has 26 heavy (non-hydrogen) atoms. The van der Waals surface area contributed by atoms with E-state index in [4.69, 9.17) is 0 Å². The highest BCUT2D eigenvalue weighted by atomic mass is 32.2. The van der Waals surface area contributed by atoms with E-state index in [1.807, 2.05) is 4.90 Å². The highest BCUT2D eigenvalue weighted by Gasteiger charge is 2.31. The van der Waals surface area contributed by atoms with Gasteiger partial charge < -0.3 is 4.90 Å². The van der Waals surface area contributed by atoms with E-state index in [0.717, 1.165) is 25.7 Å². The fourth-order valence-corrected chi connectivity index (χ4v) is 5.74. The van der Waals surface area contributed by atoms with Gasteiger partial charge in [0, 0.05) is 23.0 Å². The van der Waals surface area contributed by atoms with Gasteiger partial charge in [-0.1, -0.05) is 6.92 Å². The van der Waals surface area contributed by atoms with Crippen molar-refractivity contribution in [2.24, 2.45) is 0 Å². The molecule has 1 saturated carbocycles. The first-order chi connectivity index (χ1) is 12.5. The average molecular weight is 391 g/mol. The lowest BCUT2D eigenvalue weighted by atomic mass is 9.97. The van der Waals surface area contributed by atoms with Crippen molar-refractivity contribution in [3.05, 3.63) is 51.7 Å².